The van der Waals surface area contributed by atoms with Crippen LogP contribution in [0.5, 0.6) is 0 Å². The van der Waals surface area contributed by atoms with Crippen molar-refractivity contribution < 1.29 is 14.2 Å². The average Bonchev–Trinajstić information content (AvgIpc) is 2.59. The Morgan fingerprint density at radius 1 is 1.00 bits per heavy atom. The third kappa shape index (κ3) is 0.924. The molecule has 0 radical (unpaired) electrons. The van der Waals surface area contributed by atoms with Crippen molar-refractivity contribution in [1.82, 2.24) is 0 Å². The van der Waals surface area contributed by atoms with Crippen LogP contribution in [-0.4, -0.2) is 31.2 Å². The molecular weight excluding hydrogens is 192 g/mol. The summed E-state index contributed by atoms with van der Waals surface area (Å²) in [5.41, 5.74) is 0.162. The SMILES string of the molecule is CC1(C)COC2(OC1)[C@@H]1[C@H]2[C@H]2C=C[C@@H]1O2. The molecule has 2 bridgehead atoms. The van der Waals surface area contributed by atoms with E-state index in [1.54, 1.807) is 0 Å². The third-order valence-corrected chi connectivity index (χ3v) is 4.10. The summed E-state index contributed by atoms with van der Waals surface area (Å²) in [6.07, 6.45) is 4.82. The predicted molar refractivity (Wildman–Crippen MR) is 53.2 cm³/mol. The summed E-state index contributed by atoms with van der Waals surface area (Å²) in [5, 5.41) is 0. The highest BCUT2D eigenvalue weighted by Gasteiger charge is 2.79. The molecule has 82 valence electrons. The molecule has 0 aromatic rings. The minimum Gasteiger partial charge on any atom is -0.366 e. The van der Waals surface area contributed by atoms with Crippen molar-refractivity contribution in [2.45, 2.75) is 31.8 Å². The van der Waals surface area contributed by atoms with E-state index in [-0.39, 0.29) is 23.4 Å². The van der Waals surface area contributed by atoms with Crippen LogP contribution < -0.4 is 0 Å². The highest BCUT2D eigenvalue weighted by Crippen LogP contribution is 2.67. The molecule has 0 aromatic carbocycles. The van der Waals surface area contributed by atoms with Crippen LogP contribution in [0.1, 0.15) is 13.8 Å². The molecule has 3 fully saturated rings. The molecule has 0 amide bonds. The van der Waals surface area contributed by atoms with Gasteiger partial charge in [-0.2, -0.15) is 0 Å². The van der Waals surface area contributed by atoms with Gasteiger partial charge in [-0.1, -0.05) is 26.0 Å². The van der Waals surface area contributed by atoms with Gasteiger partial charge < -0.3 is 14.2 Å². The van der Waals surface area contributed by atoms with E-state index in [1.165, 1.54) is 0 Å². The summed E-state index contributed by atoms with van der Waals surface area (Å²) in [5.74, 6) is 0.638. The zero-order chi connectivity index (χ0) is 10.3. The van der Waals surface area contributed by atoms with Gasteiger partial charge >= 0.3 is 0 Å². The van der Waals surface area contributed by atoms with Gasteiger partial charge in [-0.15, -0.1) is 0 Å². The van der Waals surface area contributed by atoms with Gasteiger partial charge in [-0.25, -0.2) is 0 Å². The van der Waals surface area contributed by atoms with E-state index in [4.69, 9.17) is 14.2 Å². The van der Waals surface area contributed by atoms with Crippen molar-refractivity contribution in [3.8, 4) is 0 Å². The van der Waals surface area contributed by atoms with Gasteiger partial charge in [0, 0.05) is 5.41 Å². The molecule has 4 aliphatic rings. The van der Waals surface area contributed by atoms with Gasteiger partial charge in [0.1, 0.15) is 0 Å². The van der Waals surface area contributed by atoms with Crippen LogP contribution >= 0.6 is 0 Å². The molecule has 1 spiro atoms. The topological polar surface area (TPSA) is 27.7 Å². The highest BCUT2D eigenvalue weighted by molar-refractivity contribution is 5.30. The molecule has 0 unspecified atom stereocenters. The molecule has 3 aliphatic heterocycles. The lowest BCUT2D eigenvalue weighted by Gasteiger charge is -2.37. The standard InChI is InChI=1S/C12H16O3/c1-11(2)5-13-12(14-6-11)9-7-3-4-8(15-7)10(9)12/h3-4,7-10H,5-6H2,1-2H3/t7-,8+,9-,10+. The smallest absolute Gasteiger partial charge is 0.180 e. The van der Waals surface area contributed by atoms with E-state index in [2.05, 4.69) is 26.0 Å². The lowest BCUT2D eigenvalue weighted by atomic mass is 9.95. The number of rotatable bonds is 0. The van der Waals surface area contributed by atoms with E-state index >= 15 is 0 Å². The fraction of sp³-hybridized carbons (Fsp3) is 0.833. The zero-order valence-electron chi connectivity index (χ0n) is 9.10. The Hall–Kier alpha value is -0.380. The van der Waals surface area contributed by atoms with E-state index in [9.17, 15) is 0 Å². The number of hydrogen-bond acceptors (Lipinski definition) is 3. The Kier molecular flexibility index (Phi) is 1.35. The summed E-state index contributed by atoms with van der Waals surface area (Å²) >= 11 is 0. The average molecular weight is 208 g/mol. The molecular formula is C12H16O3. The maximum absolute atomic E-state index is 6.00. The van der Waals surface area contributed by atoms with Gasteiger partial charge in [-0.3, -0.25) is 0 Å². The number of ether oxygens (including phenoxy) is 3. The Labute approximate surface area is 89.4 Å². The fourth-order valence-electron chi connectivity index (χ4n) is 3.24. The van der Waals surface area contributed by atoms with Gasteiger partial charge in [0.05, 0.1) is 37.3 Å². The Morgan fingerprint density at radius 3 is 2.07 bits per heavy atom. The second-order valence-corrected chi connectivity index (χ2v) is 5.96. The van der Waals surface area contributed by atoms with Crippen molar-refractivity contribution in [2.24, 2.45) is 17.3 Å². The van der Waals surface area contributed by atoms with Gasteiger partial charge in [0.25, 0.3) is 0 Å². The van der Waals surface area contributed by atoms with Crippen molar-refractivity contribution >= 4 is 0 Å². The molecule has 0 N–H and O–H groups in total. The van der Waals surface area contributed by atoms with Crippen LogP contribution in [0.15, 0.2) is 12.2 Å². The molecule has 4 rings (SSSR count). The molecule has 3 heterocycles. The van der Waals surface area contributed by atoms with Crippen LogP contribution in [0.25, 0.3) is 0 Å². The van der Waals surface area contributed by atoms with E-state index < -0.39 is 0 Å². The van der Waals surface area contributed by atoms with Gasteiger partial charge in [0.2, 0.25) is 0 Å². The number of hydrogen-bond donors (Lipinski definition) is 0. The summed E-state index contributed by atoms with van der Waals surface area (Å²) < 4.78 is 17.7. The van der Waals surface area contributed by atoms with Crippen molar-refractivity contribution in [3.63, 3.8) is 0 Å². The molecule has 2 saturated heterocycles. The minimum atomic E-state index is -0.285. The Morgan fingerprint density at radius 2 is 1.53 bits per heavy atom. The van der Waals surface area contributed by atoms with Gasteiger partial charge in [0.15, 0.2) is 5.79 Å². The molecule has 3 nitrogen and oxygen atoms in total. The quantitative estimate of drug-likeness (QED) is 0.562. The largest absolute Gasteiger partial charge is 0.366 e. The van der Waals surface area contributed by atoms with Crippen molar-refractivity contribution in [3.05, 3.63) is 12.2 Å². The van der Waals surface area contributed by atoms with Crippen LogP contribution in [0.3, 0.4) is 0 Å². The Bertz CT molecular complexity index is 317. The van der Waals surface area contributed by atoms with E-state index in [0.29, 0.717) is 11.8 Å². The first kappa shape index (κ1) is 8.74. The summed E-state index contributed by atoms with van der Waals surface area (Å²) in [6.45, 7) is 5.97. The molecule has 15 heavy (non-hydrogen) atoms. The molecule has 1 saturated carbocycles. The molecule has 3 heteroatoms. The molecule has 0 aromatic heterocycles. The summed E-state index contributed by atoms with van der Waals surface area (Å²) in [4.78, 5) is 0. The van der Waals surface area contributed by atoms with Gasteiger partial charge in [-0.05, 0) is 0 Å². The number of fused-ring (bicyclic) bond motifs is 7. The predicted octanol–water partition coefficient (Wildman–Crippen LogP) is 1.34. The zero-order valence-corrected chi connectivity index (χ0v) is 9.10. The fourth-order valence-corrected chi connectivity index (χ4v) is 3.24. The second-order valence-electron chi connectivity index (χ2n) is 5.96. The first-order valence-electron chi connectivity index (χ1n) is 5.74. The molecule has 4 atom stereocenters. The van der Waals surface area contributed by atoms with Crippen LogP contribution in [-0.2, 0) is 14.2 Å². The van der Waals surface area contributed by atoms with E-state index in [1.807, 2.05) is 0 Å². The normalized spacial score (nSPS) is 52.1. The second kappa shape index (κ2) is 2.31. The van der Waals surface area contributed by atoms with Crippen LogP contribution in [0.4, 0.5) is 0 Å². The summed E-state index contributed by atoms with van der Waals surface area (Å²) in [6, 6.07) is 0. The third-order valence-electron chi connectivity index (χ3n) is 4.10. The minimum absolute atomic E-state index is 0.162. The Balaban J connectivity index is 1.58. The van der Waals surface area contributed by atoms with Crippen LogP contribution in [0.2, 0.25) is 0 Å². The van der Waals surface area contributed by atoms with Crippen molar-refractivity contribution in [1.29, 1.82) is 0 Å². The monoisotopic (exact) mass is 208 g/mol. The lowest BCUT2D eigenvalue weighted by molar-refractivity contribution is -0.271. The summed E-state index contributed by atoms with van der Waals surface area (Å²) in [7, 11) is 0. The maximum Gasteiger partial charge on any atom is 0.180 e. The first-order valence-corrected chi connectivity index (χ1v) is 5.74. The maximum atomic E-state index is 6.00. The molecule has 1 aliphatic carbocycles. The first-order chi connectivity index (χ1) is 7.12. The van der Waals surface area contributed by atoms with E-state index in [0.717, 1.165) is 13.2 Å². The van der Waals surface area contributed by atoms with Crippen LogP contribution in [0, 0.1) is 17.3 Å². The van der Waals surface area contributed by atoms with Crippen molar-refractivity contribution in [2.75, 3.05) is 13.2 Å². The lowest BCUT2D eigenvalue weighted by Crippen LogP contribution is -2.43. The highest BCUT2D eigenvalue weighted by atomic mass is 16.7.